The summed E-state index contributed by atoms with van der Waals surface area (Å²) in [5, 5.41) is 1.02. The molecule has 0 aromatic carbocycles. The van der Waals surface area contributed by atoms with Crippen LogP contribution in [0.5, 0.6) is 0 Å². The molecule has 2 aromatic heterocycles. The number of likely N-dealkylation sites (tertiary alicyclic amines) is 1. The number of fused-ring (bicyclic) bond motifs is 1. The number of nitrogens with zero attached hydrogens (tertiary/aromatic N) is 4. The van der Waals surface area contributed by atoms with E-state index >= 15 is 0 Å². The molecule has 2 fully saturated rings. The highest BCUT2D eigenvalue weighted by Gasteiger charge is 2.28. The Balaban J connectivity index is 1.21. The molecule has 1 saturated heterocycles. The molecule has 1 atom stereocenters. The van der Waals surface area contributed by atoms with E-state index in [-0.39, 0.29) is 23.5 Å². The number of H-pyrrole nitrogens is 1. The van der Waals surface area contributed by atoms with Crippen LogP contribution in [0.25, 0.3) is 11.0 Å². The highest BCUT2D eigenvalue weighted by atomic mass is 32.2. The molecule has 0 spiro atoms. The maximum atomic E-state index is 12.8. The van der Waals surface area contributed by atoms with Crippen molar-refractivity contribution in [3.63, 3.8) is 0 Å². The predicted octanol–water partition coefficient (Wildman–Crippen LogP) is 3.01. The number of ether oxygens (including phenoxy) is 2. The Labute approximate surface area is 208 Å². The molecule has 194 valence electrons. The number of piperidine rings is 1. The van der Waals surface area contributed by atoms with Gasteiger partial charge in [-0.3, -0.25) is 0 Å². The number of methoxy groups -OCH3 is 1. The van der Waals surface area contributed by atoms with E-state index in [2.05, 4.69) is 31.8 Å². The van der Waals surface area contributed by atoms with Crippen LogP contribution in [0.2, 0.25) is 0 Å². The normalized spacial score (nSPS) is 23.8. The Morgan fingerprint density at radius 1 is 1.20 bits per heavy atom. The van der Waals surface area contributed by atoms with Crippen molar-refractivity contribution in [1.29, 1.82) is 0 Å². The Morgan fingerprint density at radius 2 is 2.03 bits per heavy atom. The van der Waals surface area contributed by atoms with Crippen molar-refractivity contribution in [2.24, 2.45) is 5.92 Å². The number of aromatic nitrogens is 3. The second-order valence-corrected chi connectivity index (χ2v) is 12.0. The summed E-state index contributed by atoms with van der Waals surface area (Å²) in [6, 6.07) is 2.37. The molecule has 4 rings (SSSR count). The Bertz CT molecular complexity index is 1060. The Kier molecular flexibility index (Phi) is 9.02. The zero-order valence-electron chi connectivity index (χ0n) is 20.9. The third kappa shape index (κ3) is 7.17. The molecule has 0 amide bonds. The van der Waals surface area contributed by atoms with Crippen LogP contribution < -0.4 is 4.90 Å². The molecule has 10 heteroatoms. The largest absolute Gasteiger partial charge is 0.382 e. The van der Waals surface area contributed by atoms with E-state index in [0.29, 0.717) is 19.3 Å². The van der Waals surface area contributed by atoms with Gasteiger partial charge in [0, 0.05) is 39.5 Å². The van der Waals surface area contributed by atoms with E-state index < -0.39 is 9.84 Å². The summed E-state index contributed by atoms with van der Waals surface area (Å²) in [5.41, 5.74) is 0.841. The number of anilines is 1. The van der Waals surface area contributed by atoms with E-state index in [9.17, 15) is 8.42 Å². The second kappa shape index (κ2) is 12.2. The average Bonchev–Trinajstić information content (AvgIpc) is 3.33. The monoisotopic (exact) mass is 505 g/mol. The van der Waals surface area contributed by atoms with Gasteiger partial charge in [0.1, 0.15) is 17.8 Å². The van der Waals surface area contributed by atoms with Crippen molar-refractivity contribution >= 4 is 26.7 Å². The van der Waals surface area contributed by atoms with Crippen LogP contribution in [0.1, 0.15) is 38.5 Å². The van der Waals surface area contributed by atoms with Crippen LogP contribution >= 0.6 is 0 Å². The van der Waals surface area contributed by atoms with E-state index in [1.807, 2.05) is 24.5 Å². The third-order valence-electron chi connectivity index (χ3n) is 7.24. The molecule has 0 radical (unpaired) electrons. The second-order valence-electron chi connectivity index (χ2n) is 9.81. The van der Waals surface area contributed by atoms with Crippen LogP contribution in [0.3, 0.4) is 0 Å². The summed E-state index contributed by atoms with van der Waals surface area (Å²) in [4.78, 5) is 16.3. The summed E-state index contributed by atoms with van der Waals surface area (Å²) in [6.07, 6.45) is 13.3. The van der Waals surface area contributed by atoms with Gasteiger partial charge in [0.2, 0.25) is 0 Å². The van der Waals surface area contributed by atoms with Gasteiger partial charge in [-0.2, -0.15) is 0 Å². The van der Waals surface area contributed by atoms with E-state index in [0.717, 1.165) is 68.5 Å². The summed E-state index contributed by atoms with van der Waals surface area (Å²) < 4.78 is 36.5. The van der Waals surface area contributed by atoms with Crippen molar-refractivity contribution in [1.82, 2.24) is 19.9 Å². The first-order valence-corrected chi connectivity index (χ1v) is 14.5. The maximum Gasteiger partial charge on any atom is 0.154 e. The lowest BCUT2D eigenvalue weighted by Gasteiger charge is -2.35. The molecule has 9 nitrogen and oxygen atoms in total. The molecule has 2 aromatic rings. The van der Waals surface area contributed by atoms with Gasteiger partial charge in [-0.05, 0) is 56.7 Å². The zero-order valence-corrected chi connectivity index (χ0v) is 21.8. The fourth-order valence-corrected chi connectivity index (χ4v) is 6.88. The number of aromatic amines is 1. The molecule has 35 heavy (non-hydrogen) atoms. The van der Waals surface area contributed by atoms with E-state index in [4.69, 9.17) is 9.47 Å². The molecular formula is C25H39N5O4S. The minimum atomic E-state index is -3.12. The van der Waals surface area contributed by atoms with Gasteiger partial charge in [-0.1, -0.05) is 6.08 Å². The van der Waals surface area contributed by atoms with Crippen molar-refractivity contribution in [3.8, 4) is 0 Å². The molecule has 1 aliphatic carbocycles. The van der Waals surface area contributed by atoms with Gasteiger partial charge >= 0.3 is 0 Å². The number of rotatable bonds is 11. The van der Waals surface area contributed by atoms with Crippen LogP contribution in [-0.2, 0) is 19.3 Å². The highest BCUT2D eigenvalue weighted by Crippen LogP contribution is 2.32. The number of hydrogen-bond acceptors (Lipinski definition) is 8. The molecule has 3 heterocycles. The number of hydrogen-bond donors (Lipinski definition) is 1. The fourth-order valence-electron chi connectivity index (χ4n) is 5.31. The van der Waals surface area contributed by atoms with Gasteiger partial charge in [0.15, 0.2) is 9.84 Å². The van der Waals surface area contributed by atoms with Gasteiger partial charge in [0.25, 0.3) is 0 Å². The minimum Gasteiger partial charge on any atom is -0.382 e. The Morgan fingerprint density at radius 3 is 2.83 bits per heavy atom. The molecular weight excluding hydrogens is 466 g/mol. The van der Waals surface area contributed by atoms with Crippen molar-refractivity contribution in [3.05, 3.63) is 30.9 Å². The summed E-state index contributed by atoms with van der Waals surface area (Å²) in [7, 11) is 0.626. The summed E-state index contributed by atoms with van der Waals surface area (Å²) in [6.45, 7) is 2.94. The number of sulfone groups is 1. The van der Waals surface area contributed by atoms with Gasteiger partial charge in [-0.25, -0.2) is 18.4 Å². The van der Waals surface area contributed by atoms with Gasteiger partial charge < -0.3 is 24.3 Å². The predicted molar refractivity (Wildman–Crippen MR) is 138 cm³/mol. The quantitative estimate of drug-likeness (QED) is 0.465. The molecule has 0 bridgehead atoms. The van der Waals surface area contributed by atoms with Crippen LogP contribution in [0.15, 0.2) is 30.9 Å². The number of nitrogens with one attached hydrogen (secondary N) is 1. The molecule has 2 aliphatic rings. The summed E-state index contributed by atoms with van der Waals surface area (Å²) in [5.74, 6) is 1.53. The van der Waals surface area contributed by atoms with Crippen molar-refractivity contribution in [2.45, 2.75) is 50.7 Å². The van der Waals surface area contributed by atoms with Crippen LogP contribution in [0.4, 0.5) is 5.82 Å². The lowest BCUT2D eigenvalue weighted by Crippen LogP contribution is -2.37. The molecule has 1 N–H and O–H groups in total. The molecule has 1 saturated carbocycles. The van der Waals surface area contributed by atoms with Crippen molar-refractivity contribution < 1.29 is 17.9 Å². The zero-order chi connectivity index (χ0) is 24.7. The summed E-state index contributed by atoms with van der Waals surface area (Å²) >= 11 is 0. The first-order valence-electron chi connectivity index (χ1n) is 12.7. The van der Waals surface area contributed by atoms with E-state index in [1.54, 1.807) is 13.4 Å². The lowest BCUT2D eigenvalue weighted by atomic mass is 9.86. The molecule has 1 unspecified atom stereocenters. The van der Waals surface area contributed by atoms with E-state index in [1.165, 1.54) is 0 Å². The van der Waals surface area contributed by atoms with Crippen LogP contribution in [-0.4, -0.2) is 92.4 Å². The van der Waals surface area contributed by atoms with Crippen LogP contribution in [0, 0.1) is 5.92 Å². The highest BCUT2D eigenvalue weighted by molar-refractivity contribution is 7.91. The van der Waals surface area contributed by atoms with Gasteiger partial charge in [-0.15, -0.1) is 0 Å². The first-order chi connectivity index (χ1) is 16.9. The lowest BCUT2D eigenvalue weighted by molar-refractivity contribution is -0.0120. The van der Waals surface area contributed by atoms with Crippen molar-refractivity contribution in [2.75, 3.05) is 56.9 Å². The maximum absolute atomic E-state index is 12.8. The van der Waals surface area contributed by atoms with Gasteiger partial charge in [0.05, 0.1) is 36.2 Å². The standard InChI is InChI=1S/C25H39N5O4S/c1-29(25-23-10-11-26-24(23)27-19-28-25)21-8-6-20(7-9-21)18-35(31,32)16-4-13-30-12-3-5-22(17-30)34-15-14-33-2/h4,10-11,13,19-22H,3,5-9,12,14-18H2,1-2H3,(H,26,27,28)/t20-,21-,22?. The fraction of sp³-hybridized carbons (Fsp3) is 0.680. The first kappa shape index (κ1) is 25.9. The topological polar surface area (TPSA) is 101 Å². The third-order valence-corrected chi connectivity index (χ3v) is 8.92. The average molecular weight is 506 g/mol. The SMILES string of the molecule is COCCOC1CCCN(C=CCS(=O)(=O)C[C@H]2CC[C@H](N(C)c3ncnc4[nH]ccc34)CC2)C1. The smallest absolute Gasteiger partial charge is 0.154 e. The Hall–Kier alpha value is -2.17. The minimum absolute atomic E-state index is 0.102. The molecule has 1 aliphatic heterocycles.